The van der Waals surface area contributed by atoms with Gasteiger partial charge in [-0.2, -0.15) is 0 Å². The van der Waals surface area contributed by atoms with Gasteiger partial charge in [0.25, 0.3) is 0 Å². The molecule has 0 aliphatic carbocycles. The summed E-state index contributed by atoms with van der Waals surface area (Å²) in [5.74, 6) is 1.12. The lowest BCUT2D eigenvalue weighted by Crippen LogP contribution is -3.09. The number of nitrogens with one attached hydrogen (secondary N) is 1. The highest BCUT2D eigenvalue weighted by Crippen LogP contribution is 2.49. The summed E-state index contributed by atoms with van der Waals surface area (Å²) in [5, 5.41) is 10.6. The van der Waals surface area contributed by atoms with Crippen LogP contribution in [-0.4, -0.2) is 55.3 Å². The minimum absolute atomic E-state index is 0.0653. The number of nitrogens with zero attached hydrogens (tertiary/aromatic N) is 1. The average molecular weight is 466 g/mol. The molecule has 0 spiro atoms. The van der Waals surface area contributed by atoms with E-state index in [0.717, 1.165) is 24.4 Å². The first kappa shape index (κ1) is 22.4. The topological polar surface area (TPSA) is 91.0 Å². The number of allylic oxidation sites excluding steroid dienone is 3. The maximum atomic E-state index is 12.3. The van der Waals surface area contributed by atoms with E-state index in [1.54, 1.807) is 32.9 Å². The molecule has 0 amide bonds. The molecule has 8 heteroatoms. The molecule has 34 heavy (non-hydrogen) atoms. The van der Waals surface area contributed by atoms with E-state index >= 15 is 0 Å². The second-order valence-corrected chi connectivity index (χ2v) is 9.23. The van der Waals surface area contributed by atoms with E-state index < -0.39 is 17.7 Å². The first-order chi connectivity index (χ1) is 16.3. The van der Waals surface area contributed by atoms with Crippen molar-refractivity contribution >= 4 is 17.8 Å². The lowest BCUT2D eigenvalue weighted by molar-refractivity contribution is -0.847. The maximum absolute atomic E-state index is 12.3. The zero-order chi connectivity index (χ0) is 24.0. The summed E-state index contributed by atoms with van der Waals surface area (Å²) in [6.45, 7) is 11.7. The summed E-state index contributed by atoms with van der Waals surface area (Å²) >= 11 is 0. The van der Waals surface area contributed by atoms with Gasteiger partial charge in [-0.1, -0.05) is 6.58 Å². The molecular formula is C26H29N2O6+. The molecule has 0 saturated heterocycles. The average Bonchev–Trinajstić information content (AvgIpc) is 3.49. The van der Waals surface area contributed by atoms with E-state index in [-0.39, 0.29) is 12.4 Å². The highest BCUT2D eigenvalue weighted by molar-refractivity contribution is 5.95. The molecule has 178 valence electrons. The first-order valence-electron chi connectivity index (χ1n) is 11.5. The molecule has 2 atom stereocenters. The molecule has 0 fully saturated rings. The monoisotopic (exact) mass is 465 g/mol. The number of ether oxygens (including phenoxy) is 4. The Hall–Kier alpha value is -3.36. The van der Waals surface area contributed by atoms with E-state index in [1.807, 2.05) is 12.3 Å². The summed E-state index contributed by atoms with van der Waals surface area (Å²) in [6.07, 6.45) is 7.62. The SMILES string of the molecule is C=C1C=C(C(=O)OCC)Oc2cc3c(c(OCC[NH+]4CC=C5N=CC=C54)c21)CC(C(C)(C)O)O3. The van der Waals surface area contributed by atoms with E-state index in [0.29, 0.717) is 41.4 Å². The molecule has 5 rings (SSSR count). The Balaban J connectivity index is 1.43. The molecule has 8 nitrogen and oxygen atoms in total. The van der Waals surface area contributed by atoms with Crippen molar-refractivity contribution in [3.63, 3.8) is 0 Å². The van der Waals surface area contributed by atoms with Crippen molar-refractivity contribution in [1.29, 1.82) is 0 Å². The molecule has 4 aliphatic rings. The van der Waals surface area contributed by atoms with Gasteiger partial charge in [0.05, 0.1) is 17.8 Å². The van der Waals surface area contributed by atoms with Crippen molar-refractivity contribution in [1.82, 2.24) is 0 Å². The fraction of sp³-hybridized carbons (Fsp3) is 0.385. The molecular weight excluding hydrogens is 436 g/mol. The van der Waals surface area contributed by atoms with Gasteiger partial charge in [-0.3, -0.25) is 9.89 Å². The summed E-state index contributed by atoms with van der Waals surface area (Å²) in [7, 11) is 0. The Kier molecular flexibility index (Phi) is 5.58. The van der Waals surface area contributed by atoms with Crippen LogP contribution < -0.4 is 19.1 Å². The van der Waals surface area contributed by atoms with Gasteiger partial charge in [0, 0.05) is 36.4 Å². The normalized spacial score (nSPS) is 22.1. The lowest BCUT2D eigenvalue weighted by Gasteiger charge is -2.24. The molecule has 2 N–H and O–H groups in total. The van der Waals surface area contributed by atoms with Crippen LogP contribution in [0.3, 0.4) is 0 Å². The van der Waals surface area contributed by atoms with Gasteiger partial charge in [0.2, 0.25) is 5.76 Å². The summed E-state index contributed by atoms with van der Waals surface area (Å²) < 4.78 is 23.4. The van der Waals surface area contributed by atoms with Crippen molar-refractivity contribution in [2.75, 3.05) is 26.3 Å². The highest BCUT2D eigenvalue weighted by Gasteiger charge is 2.39. The van der Waals surface area contributed by atoms with Gasteiger partial charge in [0.15, 0.2) is 5.70 Å². The Bertz CT molecular complexity index is 1180. The van der Waals surface area contributed by atoms with Crippen molar-refractivity contribution in [2.24, 2.45) is 4.99 Å². The zero-order valence-electron chi connectivity index (χ0n) is 19.6. The van der Waals surface area contributed by atoms with Crippen LogP contribution in [0.1, 0.15) is 31.9 Å². The minimum Gasteiger partial charge on any atom is -0.487 e. The minimum atomic E-state index is -1.04. The van der Waals surface area contributed by atoms with Gasteiger partial charge >= 0.3 is 5.97 Å². The molecule has 0 radical (unpaired) electrons. The maximum Gasteiger partial charge on any atom is 0.374 e. The quantitative estimate of drug-likeness (QED) is 0.597. The van der Waals surface area contributed by atoms with Gasteiger partial charge in [0.1, 0.15) is 48.7 Å². The smallest absolute Gasteiger partial charge is 0.374 e. The lowest BCUT2D eigenvalue weighted by atomic mass is 9.93. The number of fused-ring (bicyclic) bond motifs is 3. The summed E-state index contributed by atoms with van der Waals surface area (Å²) in [6, 6.07) is 1.74. The third kappa shape index (κ3) is 3.93. The molecule has 1 aromatic carbocycles. The number of aliphatic imine (C=N–C) groups is 1. The molecule has 0 aromatic heterocycles. The fourth-order valence-electron chi connectivity index (χ4n) is 4.60. The van der Waals surface area contributed by atoms with Crippen LogP contribution in [0.5, 0.6) is 17.2 Å². The third-order valence-electron chi connectivity index (χ3n) is 6.38. The van der Waals surface area contributed by atoms with E-state index in [4.69, 9.17) is 18.9 Å². The molecule has 4 heterocycles. The van der Waals surface area contributed by atoms with Crippen LogP contribution in [-0.2, 0) is 16.0 Å². The molecule has 1 aromatic rings. The Morgan fingerprint density at radius 1 is 1.38 bits per heavy atom. The standard InChI is InChI=1S/C26H28N2O6/c1-5-31-25(29)21-12-15(2)23-20(33-21)14-19-16(13-22(34-19)26(3,4)30)24(23)32-11-10-28-9-7-17-18(28)6-8-27-17/h6-8,12,14,22,30H,2,5,9-11,13H2,1,3-4H3/p+1. The second kappa shape index (κ2) is 8.45. The fourth-order valence-corrected chi connectivity index (χ4v) is 4.60. The first-order valence-corrected chi connectivity index (χ1v) is 11.5. The Labute approximate surface area is 198 Å². The molecule has 2 unspecified atom stereocenters. The number of benzene rings is 1. The number of quaternary nitrogens is 1. The largest absolute Gasteiger partial charge is 0.487 e. The predicted octanol–water partition coefficient (Wildman–Crippen LogP) is 1.74. The van der Waals surface area contributed by atoms with Crippen LogP contribution in [0.25, 0.3) is 5.57 Å². The second-order valence-electron chi connectivity index (χ2n) is 9.23. The predicted molar refractivity (Wildman–Crippen MR) is 126 cm³/mol. The highest BCUT2D eigenvalue weighted by atomic mass is 16.6. The Morgan fingerprint density at radius 2 is 2.21 bits per heavy atom. The van der Waals surface area contributed by atoms with Crippen LogP contribution >= 0.6 is 0 Å². The number of carbonyl (C=O) groups excluding carboxylic acids is 1. The van der Waals surface area contributed by atoms with Crippen molar-refractivity contribution < 1.29 is 33.7 Å². The third-order valence-corrected chi connectivity index (χ3v) is 6.38. The van der Waals surface area contributed by atoms with Crippen molar-refractivity contribution in [3.8, 4) is 17.2 Å². The van der Waals surface area contributed by atoms with Gasteiger partial charge < -0.3 is 24.1 Å². The van der Waals surface area contributed by atoms with E-state index in [1.165, 1.54) is 10.6 Å². The zero-order valence-corrected chi connectivity index (χ0v) is 19.6. The van der Waals surface area contributed by atoms with Crippen molar-refractivity contribution in [2.45, 2.75) is 38.9 Å². The van der Waals surface area contributed by atoms with Crippen LogP contribution in [0.2, 0.25) is 0 Å². The van der Waals surface area contributed by atoms with Gasteiger partial charge in [-0.15, -0.1) is 0 Å². The number of hydrogen-bond donors (Lipinski definition) is 2. The van der Waals surface area contributed by atoms with Gasteiger partial charge in [-0.25, -0.2) is 4.79 Å². The van der Waals surface area contributed by atoms with E-state index in [2.05, 4.69) is 17.6 Å². The number of rotatable bonds is 7. The summed E-state index contributed by atoms with van der Waals surface area (Å²) in [4.78, 5) is 17.9. The van der Waals surface area contributed by atoms with Gasteiger partial charge in [-0.05, 0) is 32.4 Å². The Morgan fingerprint density at radius 3 is 2.97 bits per heavy atom. The number of carbonyl (C=O) groups is 1. The van der Waals surface area contributed by atoms with Crippen molar-refractivity contribution in [3.05, 3.63) is 59.2 Å². The summed E-state index contributed by atoms with van der Waals surface area (Å²) in [5.41, 5.74) is 3.32. The number of esters is 1. The van der Waals surface area contributed by atoms with Crippen LogP contribution in [0.4, 0.5) is 0 Å². The molecule has 0 saturated carbocycles. The number of aliphatic hydroxyl groups is 1. The molecule has 4 aliphatic heterocycles. The van der Waals surface area contributed by atoms with Crippen LogP contribution in [0, 0.1) is 0 Å². The van der Waals surface area contributed by atoms with Crippen LogP contribution in [0.15, 0.2) is 53.0 Å². The molecule has 0 bridgehead atoms. The van der Waals surface area contributed by atoms with E-state index in [9.17, 15) is 9.90 Å². The number of hydrogen-bond acceptors (Lipinski definition) is 7.